The Hall–Kier alpha value is -2.95. The van der Waals surface area contributed by atoms with E-state index in [0.29, 0.717) is 40.5 Å². The first-order valence-corrected chi connectivity index (χ1v) is 9.20. The first kappa shape index (κ1) is 20.8. The van der Waals surface area contributed by atoms with Gasteiger partial charge in [-0.1, -0.05) is 11.8 Å². The molecule has 1 N–H and O–H groups in total. The summed E-state index contributed by atoms with van der Waals surface area (Å²) < 4.78 is 54.6. The molecule has 0 atom stereocenters. The molecule has 0 saturated heterocycles. The summed E-state index contributed by atoms with van der Waals surface area (Å²) in [5, 5.41) is -0.157. The highest BCUT2D eigenvalue weighted by Gasteiger charge is 2.33. The molecule has 0 spiro atoms. The van der Waals surface area contributed by atoms with E-state index < -0.39 is 17.4 Å². The summed E-state index contributed by atoms with van der Waals surface area (Å²) in [5.74, 6) is 2.03. The van der Waals surface area contributed by atoms with Crippen LogP contribution in [0.3, 0.4) is 0 Å². The number of hydrogen-bond donors (Lipinski definition) is 1. The summed E-state index contributed by atoms with van der Waals surface area (Å²) in [6.45, 7) is 1.69. The third-order valence-electron chi connectivity index (χ3n) is 3.89. The van der Waals surface area contributed by atoms with Crippen molar-refractivity contribution in [2.24, 2.45) is 0 Å². The molecule has 0 saturated carbocycles. The number of nitrogens with zero attached hydrogens (tertiary/aromatic N) is 2. The monoisotopic (exact) mass is 427 g/mol. The largest absolute Gasteiger partial charge is 0.497 e. The van der Waals surface area contributed by atoms with Crippen molar-refractivity contribution < 1.29 is 27.1 Å². The SMILES string of the molecule is COc1ccc(-c2nc(CSc3nc(C(F)(F)F)cc(=O)[nH]3)c(C)o2)c(OC)c1. The highest BCUT2D eigenvalue weighted by molar-refractivity contribution is 7.98. The molecule has 0 aliphatic heterocycles. The van der Waals surface area contributed by atoms with Gasteiger partial charge in [0.1, 0.15) is 17.3 Å². The van der Waals surface area contributed by atoms with Gasteiger partial charge in [0.2, 0.25) is 5.89 Å². The Kier molecular flexibility index (Phi) is 5.87. The van der Waals surface area contributed by atoms with E-state index in [4.69, 9.17) is 13.9 Å². The molecule has 0 radical (unpaired) electrons. The summed E-state index contributed by atoms with van der Waals surface area (Å²) in [6.07, 6.45) is -4.70. The highest BCUT2D eigenvalue weighted by Crippen LogP contribution is 2.35. The molecule has 0 bridgehead atoms. The molecule has 0 aliphatic rings. The number of aromatic amines is 1. The van der Waals surface area contributed by atoms with Gasteiger partial charge in [-0.25, -0.2) is 9.97 Å². The van der Waals surface area contributed by atoms with Gasteiger partial charge < -0.3 is 18.9 Å². The lowest BCUT2D eigenvalue weighted by Crippen LogP contribution is -2.16. The molecule has 1 aromatic carbocycles. The molecule has 0 unspecified atom stereocenters. The lowest BCUT2D eigenvalue weighted by atomic mass is 10.2. The molecule has 2 heterocycles. The Labute approximate surface area is 167 Å². The smallest absolute Gasteiger partial charge is 0.433 e. The topological polar surface area (TPSA) is 90.2 Å². The molecule has 0 fully saturated rings. The van der Waals surface area contributed by atoms with Gasteiger partial charge >= 0.3 is 6.18 Å². The summed E-state index contributed by atoms with van der Waals surface area (Å²) in [6, 6.07) is 5.55. The number of ether oxygens (including phenoxy) is 2. The number of hydrogen-bond acceptors (Lipinski definition) is 7. The van der Waals surface area contributed by atoms with Gasteiger partial charge in [-0.2, -0.15) is 13.2 Å². The van der Waals surface area contributed by atoms with E-state index in [0.717, 1.165) is 11.8 Å². The molecular formula is C18H16F3N3O4S. The number of benzene rings is 1. The molecule has 29 heavy (non-hydrogen) atoms. The predicted molar refractivity (Wildman–Crippen MR) is 99.2 cm³/mol. The van der Waals surface area contributed by atoms with Crippen LogP contribution in [0, 0.1) is 6.92 Å². The van der Waals surface area contributed by atoms with E-state index >= 15 is 0 Å². The van der Waals surface area contributed by atoms with E-state index in [1.807, 2.05) is 0 Å². The molecule has 11 heteroatoms. The average Bonchev–Trinajstić information content (AvgIpc) is 3.05. The fourth-order valence-electron chi connectivity index (χ4n) is 2.44. The molecule has 2 aromatic heterocycles. The van der Waals surface area contributed by atoms with Crippen LogP contribution in [-0.4, -0.2) is 29.2 Å². The van der Waals surface area contributed by atoms with Crippen LogP contribution >= 0.6 is 11.8 Å². The second-order valence-electron chi connectivity index (χ2n) is 5.81. The maximum absolute atomic E-state index is 12.8. The first-order chi connectivity index (χ1) is 13.7. The van der Waals surface area contributed by atoms with Crippen LogP contribution in [0.1, 0.15) is 17.1 Å². The summed E-state index contributed by atoms with van der Waals surface area (Å²) in [4.78, 5) is 21.6. The standard InChI is InChI=1S/C18H16F3N3O4S/c1-9-12(8-29-17-23-14(18(19,20)21)7-15(25)24-17)22-16(28-9)11-5-4-10(26-2)6-13(11)27-3/h4-7H,8H2,1-3H3,(H,23,24,25). The first-order valence-electron chi connectivity index (χ1n) is 8.21. The normalized spacial score (nSPS) is 11.5. The van der Waals surface area contributed by atoms with E-state index in [1.165, 1.54) is 14.2 Å². The number of methoxy groups -OCH3 is 2. The third-order valence-corrected chi connectivity index (χ3v) is 4.77. The van der Waals surface area contributed by atoms with E-state index in [1.54, 1.807) is 25.1 Å². The van der Waals surface area contributed by atoms with Crippen molar-refractivity contribution in [3.63, 3.8) is 0 Å². The number of H-pyrrole nitrogens is 1. The minimum absolute atomic E-state index is 0.151. The van der Waals surface area contributed by atoms with Crippen molar-refractivity contribution in [3.8, 4) is 23.0 Å². The van der Waals surface area contributed by atoms with Crippen LogP contribution in [0.25, 0.3) is 11.5 Å². The molecule has 0 amide bonds. The second kappa shape index (κ2) is 8.19. The highest BCUT2D eigenvalue weighted by atomic mass is 32.2. The minimum atomic E-state index is -4.70. The van der Waals surface area contributed by atoms with E-state index in [2.05, 4.69) is 15.0 Å². The fraction of sp³-hybridized carbons (Fsp3) is 0.278. The van der Waals surface area contributed by atoms with Crippen LogP contribution < -0.4 is 15.0 Å². The molecule has 3 aromatic rings. The van der Waals surface area contributed by atoms with Crippen LogP contribution in [0.4, 0.5) is 13.2 Å². The summed E-state index contributed by atoms with van der Waals surface area (Å²) >= 11 is 0.916. The van der Waals surface area contributed by atoms with Crippen molar-refractivity contribution in [1.29, 1.82) is 0 Å². The van der Waals surface area contributed by atoms with Crippen molar-refractivity contribution >= 4 is 11.8 Å². The number of aryl methyl sites for hydroxylation is 1. The second-order valence-corrected chi connectivity index (χ2v) is 6.77. The van der Waals surface area contributed by atoms with Gasteiger partial charge in [0.25, 0.3) is 5.56 Å². The van der Waals surface area contributed by atoms with E-state index in [-0.39, 0.29) is 10.9 Å². The van der Waals surface area contributed by atoms with Gasteiger partial charge in [0.15, 0.2) is 10.9 Å². The van der Waals surface area contributed by atoms with Crippen LogP contribution in [0.15, 0.2) is 38.6 Å². The number of nitrogens with one attached hydrogen (secondary N) is 1. The zero-order chi connectivity index (χ0) is 21.2. The number of aromatic nitrogens is 3. The minimum Gasteiger partial charge on any atom is -0.497 e. The van der Waals surface area contributed by atoms with Crippen LogP contribution in [0.2, 0.25) is 0 Å². The quantitative estimate of drug-likeness (QED) is 0.469. The van der Waals surface area contributed by atoms with Crippen LogP contribution in [0.5, 0.6) is 11.5 Å². The van der Waals surface area contributed by atoms with Crippen molar-refractivity contribution in [2.45, 2.75) is 24.0 Å². The average molecular weight is 427 g/mol. The Morgan fingerprint density at radius 3 is 2.59 bits per heavy atom. The lowest BCUT2D eigenvalue weighted by Gasteiger charge is -2.07. The molecule has 154 valence electrons. The number of oxazole rings is 1. The number of rotatable bonds is 6. The number of halogens is 3. The number of alkyl halides is 3. The van der Waals surface area contributed by atoms with Crippen molar-refractivity contribution in [2.75, 3.05) is 14.2 Å². The molecular weight excluding hydrogens is 411 g/mol. The maximum atomic E-state index is 12.8. The van der Waals surface area contributed by atoms with Crippen molar-refractivity contribution in [3.05, 3.63) is 51.8 Å². The molecule has 7 nitrogen and oxygen atoms in total. The van der Waals surface area contributed by atoms with Crippen molar-refractivity contribution in [1.82, 2.24) is 15.0 Å². The van der Waals surface area contributed by atoms with Crippen LogP contribution in [-0.2, 0) is 11.9 Å². The van der Waals surface area contributed by atoms with Gasteiger partial charge in [-0.15, -0.1) is 0 Å². The zero-order valence-electron chi connectivity index (χ0n) is 15.6. The number of thioether (sulfide) groups is 1. The summed E-state index contributed by atoms with van der Waals surface area (Å²) in [7, 11) is 3.03. The molecule has 3 rings (SSSR count). The maximum Gasteiger partial charge on any atom is 0.433 e. The van der Waals surface area contributed by atoms with Gasteiger partial charge in [0.05, 0.1) is 25.5 Å². The van der Waals surface area contributed by atoms with Gasteiger partial charge in [-0.3, -0.25) is 4.79 Å². The summed E-state index contributed by atoms with van der Waals surface area (Å²) in [5.41, 5.74) is -1.03. The zero-order valence-corrected chi connectivity index (χ0v) is 16.4. The predicted octanol–water partition coefficient (Wildman–Crippen LogP) is 4.06. The molecule has 0 aliphatic carbocycles. The van der Waals surface area contributed by atoms with E-state index in [9.17, 15) is 18.0 Å². The third kappa shape index (κ3) is 4.73. The van der Waals surface area contributed by atoms with Gasteiger partial charge in [-0.05, 0) is 19.1 Å². The Morgan fingerprint density at radius 2 is 1.93 bits per heavy atom. The lowest BCUT2D eigenvalue weighted by molar-refractivity contribution is -0.141. The van der Waals surface area contributed by atoms with Gasteiger partial charge in [0, 0.05) is 17.9 Å². The fourth-order valence-corrected chi connectivity index (χ4v) is 3.31. The Morgan fingerprint density at radius 1 is 1.17 bits per heavy atom. The Bertz CT molecular complexity index is 1080. The Balaban J connectivity index is 1.84.